The Bertz CT molecular complexity index is 790. The van der Waals surface area contributed by atoms with E-state index in [1.807, 2.05) is 29.7 Å². The van der Waals surface area contributed by atoms with Gasteiger partial charge in [-0.1, -0.05) is 6.07 Å². The molecule has 1 aromatic carbocycles. The highest BCUT2D eigenvalue weighted by molar-refractivity contribution is 5.44. The van der Waals surface area contributed by atoms with Crippen molar-refractivity contribution in [1.82, 2.24) is 19.7 Å². The molecule has 0 spiro atoms. The van der Waals surface area contributed by atoms with Crippen LogP contribution in [-0.4, -0.2) is 34.2 Å². The fraction of sp³-hybridized carbons (Fsp3) is 0.529. The predicted molar refractivity (Wildman–Crippen MR) is 88.7 cm³/mol. The zero-order chi connectivity index (χ0) is 16.5. The molecule has 0 unspecified atom stereocenters. The van der Waals surface area contributed by atoms with Gasteiger partial charge in [-0.05, 0) is 50.6 Å². The van der Waals surface area contributed by atoms with Gasteiger partial charge in [0.2, 0.25) is 6.79 Å². The Labute approximate surface area is 140 Å². The second-order valence-electron chi connectivity index (χ2n) is 6.25. The molecule has 1 saturated heterocycles. The number of nitrogens with zero attached hydrogens (tertiary/aromatic N) is 3. The van der Waals surface area contributed by atoms with Crippen LogP contribution in [0.5, 0.6) is 11.5 Å². The van der Waals surface area contributed by atoms with Gasteiger partial charge in [-0.25, -0.2) is 9.48 Å². The van der Waals surface area contributed by atoms with Crippen molar-refractivity contribution in [2.45, 2.75) is 38.8 Å². The van der Waals surface area contributed by atoms with E-state index < -0.39 is 0 Å². The molecule has 1 N–H and O–H groups in total. The van der Waals surface area contributed by atoms with Gasteiger partial charge in [-0.15, -0.1) is 0 Å². The van der Waals surface area contributed by atoms with Crippen LogP contribution in [0.1, 0.15) is 37.1 Å². The Morgan fingerprint density at radius 3 is 2.83 bits per heavy atom. The average molecular weight is 330 g/mol. The van der Waals surface area contributed by atoms with Gasteiger partial charge in [0.25, 0.3) is 0 Å². The first-order chi connectivity index (χ1) is 11.8. The predicted octanol–water partition coefficient (Wildman–Crippen LogP) is 1.31. The van der Waals surface area contributed by atoms with Crippen molar-refractivity contribution in [3.05, 3.63) is 40.1 Å². The summed E-state index contributed by atoms with van der Waals surface area (Å²) in [4.78, 5) is 12.7. The second-order valence-corrected chi connectivity index (χ2v) is 6.25. The number of nitrogens with one attached hydrogen (secondary N) is 1. The SMILES string of the molecule is CCn1c(C2CCNCC2)nn(Cc2ccc3c(c2)OCO3)c1=O. The molecule has 0 radical (unpaired) electrons. The van der Waals surface area contributed by atoms with E-state index in [1.54, 1.807) is 4.68 Å². The van der Waals surface area contributed by atoms with E-state index in [9.17, 15) is 4.79 Å². The van der Waals surface area contributed by atoms with Crippen LogP contribution in [0.4, 0.5) is 0 Å². The average Bonchev–Trinajstić information content (AvgIpc) is 3.20. The van der Waals surface area contributed by atoms with Gasteiger partial charge >= 0.3 is 5.69 Å². The Morgan fingerprint density at radius 1 is 1.25 bits per heavy atom. The maximum atomic E-state index is 12.7. The van der Waals surface area contributed by atoms with Crippen molar-refractivity contribution in [2.24, 2.45) is 0 Å². The summed E-state index contributed by atoms with van der Waals surface area (Å²) in [6.45, 7) is 5.32. The molecule has 1 aromatic heterocycles. The van der Waals surface area contributed by atoms with Gasteiger partial charge in [0.15, 0.2) is 11.5 Å². The Morgan fingerprint density at radius 2 is 2.04 bits per heavy atom. The quantitative estimate of drug-likeness (QED) is 0.915. The van der Waals surface area contributed by atoms with Crippen LogP contribution in [0, 0.1) is 0 Å². The lowest BCUT2D eigenvalue weighted by molar-refractivity contribution is 0.174. The largest absolute Gasteiger partial charge is 0.454 e. The molecule has 0 aliphatic carbocycles. The zero-order valence-corrected chi connectivity index (χ0v) is 13.8. The highest BCUT2D eigenvalue weighted by Crippen LogP contribution is 2.32. The first-order valence-electron chi connectivity index (χ1n) is 8.53. The minimum absolute atomic E-state index is 0.0382. The van der Waals surface area contributed by atoms with E-state index in [-0.39, 0.29) is 12.5 Å². The van der Waals surface area contributed by atoms with Crippen LogP contribution in [0.2, 0.25) is 0 Å². The fourth-order valence-corrected chi connectivity index (χ4v) is 3.45. The smallest absolute Gasteiger partial charge is 0.346 e. The standard InChI is InChI=1S/C17H22N4O3/c1-2-20-16(13-5-7-18-8-6-13)19-21(17(20)22)10-12-3-4-14-15(9-12)24-11-23-14/h3-4,9,13,18H,2,5-8,10-11H2,1H3. The van der Waals surface area contributed by atoms with Gasteiger partial charge in [-0.3, -0.25) is 4.57 Å². The molecule has 0 amide bonds. The molecule has 0 bridgehead atoms. The lowest BCUT2D eigenvalue weighted by Crippen LogP contribution is -2.29. The number of hydrogen-bond acceptors (Lipinski definition) is 5. The first-order valence-corrected chi connectivity index (χ1v) is 8.53. The summed E-state index contributed by atoms with van der Waals surface area (Å²) in [7, 11) is 0. The molecule has 0 saturated carbocycles. The molecular formula is C17H22N4O3. The summed E-state index contributed by atoms with van der Waals surface area (Å²) in [6.07, 6.45) is 2.06. The molecule has 2 aliphatic rings. The number of fused-ring (bicyclic) bond motifs is 1. The van der Waals surface area contributed by atoms with Crippen LogP contribution in [0.15, 0.2) is 23.0 Å². The molecule has 128 valence electrons. The number of rotatable bonds is 4. The molecule has 7 heteroatoms. The van der Waals surface area contributed by atoms with E-state index >= 15 is 0 Å². The molecule has 3 heterocycles. The maximum Gasteiger partial charge on any atom is 0.346 e. The Hall–Kier alpha value is -2.28. The summed E-state index contributed by atoms with van der Waals surface area (Å²) in [5, 5.41) is 8.02. The van der Waals surface area contributed by atoms with Crippen molar-refractivity contribution >= 4 is 0 Å². The number of benzene rings is 1. The van der Waals surface area contributed by atoms with Gasteiger partial charge in [0.1, 0.15) is 5.82 Å². The third-order valence-electron chi connectivity index (χ3n) is 4.74. The van der Waals surface area contributed by atoms with Crippen LogP contribution in [-0.2, 0) is 13.1 Å². The number of aromatic nitrogens is 3. The highest BCUT2D eigenvalue weighted by Gasteiger charge is 2.23. The number of piperidine rings is 1. The lowest BCUT2D eigenvalue weighted by Gasteiger charge is -2.21. The third-order valence-corrected chi connectivity index (χ3v) is 4.74. The highest BCUT2D eigenvalue weighted by atomic mass is 16.7. The summed E-state index contributed by atoms with van der Waals surface area (Å²) in [5.74, 6) is 2.76. The molecule has 2 aliphatic heterocycles. The monoisotopic (exact) mass is 330 g/mol. The van der Waals surface area contributed by atoms with E-state index in [0.717, 1.165) is 48.8 Å². The van der Waals surface area contributed by atoms with E-state index in [1.165, 1.54) is 0 Å². The molecule has 7 nitrogen and oxygen atoms in total. The zero-order valence-electron chi connectivity index (χ0n) is 13.8. The molecule has 2 aromatic rings. The van der Waals surface area contributed by atoms with Crippen LogP contribution in [0.25, 0.3) is 0 Å². The van der Waals surface area contributed by atoms with Gasteiger partial charge in [0.05, 0.1) is 6.54 Å². The summed E-state index contributed by atoms with van der Waals surface area (Å²) in [5.41, 5.74) is 0.947. The third kappa shape index (κ3) is 2.69. The van der Waals surface area contributed by atoms with Crippen molar-refractivity contribution in [2.75, 3.05) is 19.9 Å². The van der Waals surface area contributed by atoms with Crippen LogP contribution >= 0.6 is 0 Å². The number of hydrogen-bond donors (Lipinski definition) is 1. The van der Waals surface area contributed by atoms with E-state index in [4.69, 9.17) is 9.47 Å². The van der Waals surface area contributed by atoms with Crippen molar-refractivity contribution in [1.29, 1.82) is 0 Å². The van der Waals surface area contributed by atoms with E-state index in [2.05, 4.69) is 10.4 Å². The minimum atomic E-state index is -0.0382. The number of ether oxygens (including phenoxy) is 2. The van der Waals surface area contributed by atoms with Crippen LogP contribution in [0.3, 0.4) is 0 Å². The first kappa shape index (κ1) is 15.3. The van der Waals surface area contributed by atoms with Crippen molar-refractivity contribution < 1.29 is 9.47 Å². The molecular weight excluding hydrogens is 308 g/mol. The molecule has 1 fully saturated rings. The minimum Gasteiger partial charge on any atom is -0.454 e. The summed E-state index contributed by atoms with van der Waals surface area (Å²) in [6, 6.07) is 5.76. The fourth-order valence-electron chi connectivity index (χ4n) is 3.45. The molecule has 4 rings (SSSR count). The Kier molecular flexibility index (Phi) is 4.02. The second kappa shape index (κ2) is 6.32. The van der Waals surface area contributed by atoms with Gasteiger partial charge in [0, 0.05) is 12.5 Å². The Balaban J connectivity index is 1.63. The van der Waals surface area contributed by atoms with Crippen molar-refractivity contribution in [3.63, 3.8) is 0 Å². The maximum absolute atomic E-state index is 12.7. The molecule has 24 heavy (non-hydrogen) atoms. The van der Waals surface area contributed by atoms with Crippen LogP contribution < -0.4 is 20.5 Å². The normalized spacial score (nSPS) is 17.4. The van der Waals surface area contributed by atoms with Gasteiger partial charge < -0.3 is 14.8 Å². The van der Waals surface area contributed by atoms with Crippen molar-refractivity contribution in [3.8, 4) is 11.5 Å². The lowest BCUT2D eigenvalue weighted by atomic mass is 9.97. The van der Waals surface area contributed by atoms with Gasteiger partial charge in [-0.2, -0.15) is 5.10 Å². The topological polar surface area (TPSA) is 70.3 Å². The summed E-state index contributed by atoms with van der Waals surface area (Å²) < 4.78 is 14.1. The summed E-state index contributed by atoms with van der Waals surface area (Å²) >= 11 is 0. The van der Waals surface area contributed by atoms with E-state index in [0.29, 0.717) is 19.0 Å². The molecule has 0 atom stereocenters.